The molecule has 0 aromatic heterocycles. The first-order chi connectivity index (χ1) is 23.3. The highest BCUT2D eigenvalue weighted by Gasteiger charge is 2.47. The maximum Gasteiger partial charge on any atom is 0.330 e. The van der Waals surface area contributed by atoms with E-state index >= 15 is 0 Å². The highest BCUT2D eigenvalue weighted by Crippen LogP contribution is 2.44. The summed E-state index contributed by atoms with van der Waals surface area (Å²) in [5, 5.41) is 0. The van der Waals surface area contributed by atoms with Crippen LogP contribution in [0.4, 0.5) is 0 Å². The van der Waals surface area contributed by atoms with Crippen LogP contribution in [0.25, 0.3) is 0 Å². The number of ether oxygens (including phenoxy) is 2. The third-order valence-corrected chi connectivity index (χ3v) is 16.3. The zero-order valence-electron chi connectivity index (χ0n) is 33.4. The van der Waals surface area contributed by atoms with E-state index in [2.05, 4.69) is 79.4 Å². The Morgan fingerprint density at radius 2 is 1.56 bits per heavy atom. The van der Waals surface area contributed by atoms with Gasteiger partial charge >= 0.3 is 11.9 Å². The third-order valence-electron chi connectivity index (χ3n) is 9.16. The second-order valence-electron chi connectivity index (χ2n) is 15.6. The molecule has 50 heavy (non-hydrogen) atoms. The normalized spacial score (nSPS) is 25.2. The van der Waals surface area contributed by atoms with E-state index in [9.17, 15) is 14.4 Å². The van der Waals surface area contributed by atoms with Crippen LogP contribution >= 0.6 is 0 Å². The summed E-state index contributed by atoms with van der Waals surface area (Å²) >= 11 is 0. The fourth-order valence-corrected chi connectivity index (χ4v) is 13.5. The van der Waals surface area contributed by atoms with Crippen LogP contribution in [-0.4, -0.2) is 59.8 Å². The number of allylic oxidation sites excluding steroid dienone is 7. The molecule has 0 N–H and O–H groups in total. The minimum atomic E-state index is -2.29. The summed E-state index contributed by atoms with van der Waals surface area (Å²) in [5.41, 5.74) is 3.14. The Labute approximate surface area is 306 Å². The third kappa shape index (κ3) is 16.6. The van der Waals surface area contributed by atoms with Crippen molar-refractivity contribution in [2.75, 3.05) is 7.11 Å². The van der Waals surface area contributed by atoms with Gasteiger partial charge in [0.1, 0.15) is 6.10 Å². The van der Waals surface area contributed by atoms with Gasteiger partial charge in [-0.15, -0.1) is 0 Å². The average molecular weight is 729 g/mol. The smallest absolute Gasteiger partial charge is 0.330 e. The number of cyclic esters (lactones) is 1. The van der Waals surface area contributed by atoms with Gasteiger partial charge in [-0.05, 0) is 81.9 Å². The van der Waals surface area contributed by atoms with Crippen LogP contribution in [0.15, 0.2) is 71.9 Å². The van der Waals surface area contributed by atoms with Gasteiger partial charge in [0, 0.05) is 30.9 Å². The van der Waals surface area contributed by atoms with Gasteiger partial charge in [0.25, 0.3) is 0 Å². The lowest BCUT2D eigenvalue weighted by atomic mass is 9.95. The van der Waals surface area contributed by atoms with Crippen LogP contribution in [0, 0.1) is 5.92 Å². The molecule has 0 saturated heterocycles. The van der Waals surface area contributed by atoms with Gasteiger partial charge in [-0.25, -0.2) is 9.59 Å². The topological polar surface area (TPSA) is 88.1 Å². The molecule has 0 unspecified atom stereocenters. The summed E-state index contributed by atoms with van der Waals surface area (Å²) in [4.78, 5) is 37.6. The first kappa shape index (κ1) is 45.4. The molecule has 0 aromatic carbocycles. The van der Waals surface area contributed by atoms with E-state index in [1.54, 1.807) is 18.2 Å². The van der Waals surface area contributed by atoms with Gasteiger partial charge in [-0.1, -0.05) is 102 Å². The molecule has 7 nitrogen and oxygen atoms in total. The maximum absolute atomic E-state index is 13.1. The molecule has 1 aliphatic rings. The Morgan fingerprint density at radius 1 is 0.920 bits per heavy atom. The van der Waals surface area contributed by atoms with Gasteiger partial charge in [-0.3, -0.25) is 4.79 Å². The summed E-state index contributed by atoms with van der Waals surface area (Å²) < 4.78 is 24.8. The quantitative estimate of drug-likeness (QED) is 0.0905. The number of carbonyl (C=O) groups is 3. The van der Waals surface area contributed by atoms with E-state index in [0.29, 0.717) is 42.3 Å². The Hall–Kier alpha value is -2.60. The van der Waals surface area contributed by atoms with Crippen molar-refractivity contribution in [1.29, 1.82) is 0 Å². The van der Waals surface area contributed by atoms with E-state index < -0.39 is 34.7 Å². The Morgan fingerprint density at radius 3 is 2.14 bits per heavy atom. The molecular formula is C41H68O7Si2. The lowest BCUT2D eigenvalue weighted by Crippen LogP contribution is -2.53. The van der Waals surface area contributed by atoms with Gasteiger partial charge < -0.3 is 18.3 Å². The van der Waals surface area contributed by atoms with E-state index in [4.69, 9.17) is 18.3 Å². The van der Waals surface area contributed by atoms with Crippen LogP contribution in [0.1, 0.15) is 101 Å². The number of esters is 2. The molecule has 282 valence electrons. The standard InChI is InChI=1S/C41H68O7Si2/c1-30(2)50(31(3)4,32(5)6)48-38-26-25-36(42)21-17-15-19-23-41(44)46-39(35(9)28-34(8)24-27-40(43)45-10)29-33(7)20-16-14-18-22-37(38)47-49(11,12)13/h14,16,19-20,23-28,30-32,35,37-39H,15,17-18,21-22,29H2,1-13H3/b16-14+,23-19+,26-25+,27-24+,33-20+,34-28+/t35-,37-,38+,39-/m0/s1. The molecule has 0 fully saturated rings. The molecule has 0 aromatic rings. The largest absolute Gasteiger partial charge is 0.466 e. The van der Waals surface area contributed by atoms with Crippen LogP contribution in [0.2, 0.25) is 36.3 Å². The molecule has 0 saturated carbocycles. The average Bonchev–Trinajstić information content (AvgIpc) is 3.00. The molecule has 0 spiro atoms. The molecule has 1 aliphatic heterocycles. The predicted octanol–water partition coefficient (Wildman–Crippen LogP) is 10.5. The summed E-state index contributed by atoms with van der Waals surface area (Å²) in [5.74, 6) is -0.910. The van der Waals surface area contributed by atoms with Crippen LogP contribution in [0.3, 0.4) is 0 Å². The SMILES string of the molecule is COC(=O)/C=C/C(C)=C/[C@H](C)[C@@H]1C/C(C)=C/C=C/CC[C@H](O[Si](C)(C)C)[C@H](O[Si](C(C)C)(C(C)C)C(C)C)/C=C/C(=O)CCC/C=C/C(=O)O1. The van der Waals surface area contributed by atoms with Crippen LogP contribution in [0.5, 0.6) is 0 Å². The summed E-state index contributed by atoms with van der Waals surface area (Å²) in [6, 6.07) is 0. The minimum Gasteiger partial charge on any atom is -0.466 e. The molecule has 0 radical (unpaired) electrons. The van der Waals surface area contributed by atoms with E-state index in [-0.39, 0.29) is 23.9 Å². The highest BCUT2D eigenvalue weighted by molar-refractivity contribution is 6.77. The second kappa shape index (κ2) is 22.4. The Bertz CT molecular complexity index is 1240. The first-order valence-electron chi connectivity index (χ1n) is 18.5. The van der Waals surface area contributed by atoms with Crippen molar-refractivity contribution in [1.82, 2.24) is 0 Å². The van der Waals surface area contributed by atoms with Gasteiger partial charge in [0.2, 0.25) is 8.32 Å². The van der Waals surface area contributed by atoms with Crippen molar-refractivity contribution >= 4 is 34.4 Å². The van der Waals surface area contributed by atoms with E-state index in [1.807, 2.05) is 32.9 Å². The van der Waals surface area contributed by atoms with Crippen molar-refractivity contribution in [3.8, 4) is 0 Å². The molecule has 0 aliphatic carbocycles. The lowest BCUT2D eigenvalue weighted by Gasteiger charge is -2.46. The maximum atomic E-state index is 13.1. The molecule has 1 rings (SSSR count). The first-order valence-corrected chi connectivity index (χ1v) is 24.1. The molecule has 9 heteroatoms. The number of rotatable bonds is 11. The summed E-state index contributed by atoms with van der Waals surface area (Å²) in [6.07, 6.45) is 21.1. The number of hydrogen-bond donors (Lipinski definition) is 0. The molecule has 4 atom stereocenters. The van der Waals surface area contributed by atoms with Crippen molar-refractivity contribution in [2.24, 2.45) is 5.92 Å². The zero-order chi connectivity index (χ0) is 38.1. The molecular weight excluding hydrogens is 661 g/mol. The predicted molar refractivity (Wildman–Crippen MR) is 212 cm³/mol. The molecule has 0 bridgehead atoms. The molecule has 0 amide bonds. The fraction of sp³-hybridized carbons (Fsp3) is 0.634. The van der Waals surface area contributed by atoms with Crippen LogP contribution in [-0.2, 0) is 32.7 Å². The zero-order valence-corrected chi connectivity index (χ0v) is 35.4. The fourth-order valence-electron chi connectivity index (χ4n) is 6.83. The highest BCUT2D eigenvalue weighted by atomic mass is 28.4. The number of methoxy groups -OCH3 is 1. The minimum absolute atomic E-state index is 0.0412. The van der Waals surface area contributed by atoms with Gasteiger partial charge in [-0.2, -0.15) is 0 Å². The summed E-state index contributed by atoms with van der Waals surface area (Å²) in [6.45, 7) is 26.3. The van der Waals surface area contributed by atoms with Crippen molar-refractivity contribution < 1.29 is 32.7 Å². The Balaban J connectivity index is 3.52. The van der Waals surface area contributed by atoms with Crippen LogP contribution < -0.4 is 0 Å². The lowest BCUT2D eigenvalue weighted by molar-refractivity contribution is -0.144. The number of carbonyl (C=O) groups excluding carboxylic acids is 3. The van der Waals surface area contributed by atoms with E-state index in [0.717, 1.165) is 24.0 Å². The number of ketones is 1. The summed E-state index contributed by atoms with van der Waals surface area (Å²) in [7, 11) is -2.91. The van der Waals surface area contributed by atoms with Crippen molar-refractivity contribution in [3.05, 3.63) is 71.9 Å². The molecule has 1 heterocycles. The van der Waals surface area contributed by atoms with Crippen molar-refractivity contribution in [2.45, 2.75) is 155 Å². The van der Waals surface area contributed by atoms with E-state index in [1.165, 1.54) is 19.3 Å². The van der Waals surface area contributed by atoms with Crippen molar-refractivity contribution in [3.63, 3.8) is 0 Å². The number of hydrogen-bond acceptors (Lipinski definition) is 7. The van der Waals surface area contributed by atoms with Gasteiger partial charge in [0.15, 0.2) is 14.1 Å². The monoisotopic (exact) mass is 728 g/mol. The Kier molecular flexibility index (Phi) is 20.3. The second-order valence-corrected chi connectivity index (χ2v) is 25.5. The van der Waals surface area contributed by atoms with Gasteiger partial charge in [0.05, 0.1) is 19.3 Å².